The molecule has 0 saturated carbocycles. The Morgan fingerprint density at radius 1 is 1.19 bits per heavy atom. The predicted octanol–water partition coefficient (Wildman–Crippen LogP) is 1.94. The molecule has 146 valence electrons. The van der Waals surface area contributed by atoms with E-state index in [2.05, 4.69) is 24.1 Å². The molecular weight excluding hydrogens is 336 g/mol. The van der Waals surface area contributed by atoms with Crippen molar-refractivity contribution in [2.75, 3.05) is 39.9 Å². The number of carboxylic acid groups (broad SMARTS) is 1. The molecule has 0 heterocycles. The van der Waals surface area contributed by atoms with E-state index in [1.54, 1.807) is 7.11 Å². The van der Waals surface area contributed by atoms with E-state index in [0.717, 1.165) is 25.2 Å². The molecule has 26 heavy (non-hydrogen) atoms. The molecular formula is C19H30N2O5. The van der Waals surface area contributed by atoms with Crippen LogP contribution in [0.25, 0.3) is 0 Å². The Balaban J connectivity index is 2.61. The summed E-state index contributed by atoms with van der Waals surface area (Å²) in [7, 11) is 1.60. The van der Waals surface area contributed by atoms with Crippen LogP contribution in [0.15, 0.2) is 18.2 Å². The van der Waals surface area contributed by atoms with E-state index in [1.807, 2.05) is 18.2 Å². The number of benzene rings is 1. The quantitative estimate of drug-likeness (QED) is 0.555. The van der Waals surface area contributed by atoms with E-state index >= 15 is 0 Å². The third-order valence-corrected chi connectivity index (χ3v) is 4.11. The lowest BCUT2D eigenvalue weighted by molar-refractivity contribution is -0.138. The number of carbonyl (C=O) groups is 2. The fraction of sp³-hybridized carbons (Fsp3) is 0.579. The number of amides is 1. The van der Waals surface area contributed by atoms with E-state index < -0.39 is 5.97 Å². The molecule has 7 heteroatoms. The van der Waals surface area contributed by atoms with Gasteiger partial charge in [0.05, 0.1) is 13.5 Å². The Bertz CT molecular complexity index is 573. The number of carboxylic acids is 1. The van der Waals surface area contributed by atoms with E-state index in [-0.39, 0.29) is 18.7 Å². The summed E-state index contributed by atoms with van der Waals surface area (Å²) in [5.41, 5.74) is 0.947. The Kier molecular flexibility index (Phi) is 10.2. The average Bonchev–Trinajstić information content (AvgIpc) is 2.64. The summed E-state index contributed by atoms with van der Waals surface area (Å²) < 4.78 is 11.4. The summed E-state index contributed by atoms with van der Waals surface area (Å²) in [6, 6.07) is 5.68. The SMILES string of the molecule is CCN(CC)CCOc1c(CCNC(=O)CCC(=O)O)cccc1OC. The number of ether oxygens (including phenoxy) is 2. The van der Waals surface area contributed by atoms with Gasteiger partial charge in [0, 0.05) is 19.5 Å². The minimum Gasteiger partial charge on any atom is -0.493 e. The smallest absolute Gasteiger partial charge is 0.303 e. The number of rotatable bonds is 13. The first-order valence-electron chi connectivity index (χ1n) is 9.01. The first kappa shape index (κ1) is 21.8. The molecule has 1 aromatic carbocycles. The highest BCUT2D eigenvalue weighted by molar-refractivity contribution is 5.80. The molecule has 7 nitrogen and oxygen atoms in total. The minimum atomic E-state index is -0.975. The van der Waals surface area contributed by atoms with Crippen LogP contribution in [0.2, 0.25) is 0 Å². The molecule has 0 atom stereocenters. The normalized spacial score (nSPS) is 10.6. The topological polar surface area (TPSA) is 88.1 Å². The molecule has 0 bridgehead atoms. The van der Waals surface area contributed by atoms with E-state index in [0.29, 0.717) is 31.1 Å². The van der Waals surface area contributed by atoms with Crippen molar-refractivity contribution in [2.45, 2.75) is 33.1 Å². The molecule has 2 N–H and O–H groups in total. The second-order valence-electron chi connectivity index (χ2n) is 5.82. The predicted molar refractivity (Wildman–Crippen MR) is 99.9 cm³/mol. The van der Waals surface area contributed by atoms with Gasteiger partial charge in [-0.3, -0.25) is 9.59 Å². The first-order chi connectivity index (χ1) is 12.5. The zero-order chi connectivity index (χ0) is 19.4. The maximum atomic E-state index is 11.6. The van der Waals surface area contributed by atoms with Crippen LogP contribution in [0.4, 0.5) is 0 Å². The van der Waals surface area contributed by atoms with Gasteiger partial charge < -0.3 is 24.8 Å². The number of nitrogens with zero attached hydrogens (tertiary/aromatic N) is 1. The lowest BCUT2D eigenvalue weighted by Gasteiger charge is -2.20. The van der Waals surface area contributed by atoms with Gasteiger partial charge in [-0.1, -0.05) is 26.0 Å². The molecule has 0 radical (unpaired) electrons. The van der Waals surface area contributed by atoms with Crippen LogP contribution in [-0.4, -0.2) is 61.8 Å². The largest absolute Gasteiger partial charge is 0.493 e. The summed E-state index contributed by atoms with van der Waals surface area (Å²) in [5, 5.41) is 11.3. The number of hydrogen-bond donors (Lipinski definition) is 2. The number of para-hydroxylation sites is 1. The van der Waals surface area contributed by atoms with Crippen molar-refractivity contribution in [2.24, 2.45) is 0 Å². The van der Waals surface area contributed by atoms with Crippen LogP contribution in [0.1, 0.15) is 32.3 Å². The summed E-state index contributed by atoms with van der Waals surface area (Å²) >= 11 is 0. The fourth-order valence-corrected chi connectivity index (χ4v) is 2.54. The summed E-state index contributed by atoms with van der Waals surface area (Å²) in [5.74, 6) is 0.123. The van der Waals surface area contributed by atoms with Crippen LogP contribution in [0.3, 0.4) is 0 Å². The van der Waals surface area contributed by atoms with Gasteiger partial charge in [-0.05, 0) is 31.1 Å². The number of hydrogen-bond acceptors (Lipinski definition) is 5. The summed E-state index contributed by atoms with van der Waals surface area (Å²) in [6.07, 6.45) is 0.405. The zero-order valence-corrected chi connectivity index (χ0v) is 15.9. The zero-order valence-electron chi connectivity index (χ0n) is 15.9. The van der Waals surface area contributed by atoms with Crippen LogP contribution in [0.5, 0.6) is 11.5 Å². The van der Waals surface area contributed by atoms with Gasteiger partial charge >= 0.3 is 5.97 Å². The molecule has 0 aromatic heterocycles. The van der Waals surface area contributed by atoms with E-state index in [9.17, 15) is 9.59 Å². The number of nitrogens with one attached hydrogen (secondary N) is 1. The third kappa shape index (κ3) is 7.74. The lowest BCUT2D eigenvalue weighted by Crippen LogP contribution is -2.28. The van der Waals surface area contributed by atoms with Crippen molar-refractivity contribution in [1.29, 1.82) is 0 Å². The molecule has 0 saturated heterocycles. The molecule has 0 unspecified atom stereocenters. The van der Waals surface area contributed by atoms with Crippen LogP contribution < -0.4 is 14.8 Å². The maximum Gasteiger partial charge on any atom is 0.303 e. The standard InChI is InChI=1S/C19H30N2O5/c1-4-21(5-2)13-14-26-19-15(7-6-8-16(19)25-3)11-12-20-17(22)9-10-18(23)24/h6-8H,4-5,9-14H2,1-3H3,(H,20,22)(H,23,24). The van der Waals surface area contributed by atoms with Crippen LogP contribution in [-0.2, 0) is 16.0 Å². The van der Waals surface area contributed by atoms with Gasteiger partial charge in [0.25, 0.3) is 0 Å². The van der Waals surface area contributed by atoms with E-state index in [1.165, 1.54) is 0 Å². The Hall–Kier alpha value is -2.28. The molecule has 0 fully saturated rings. The number of aliphatic carboxylic acids is 1. The Morgan fingerprint density at radius 3 is 2.54 bits per heavy atom. The van der Waals surface area contributed by atoms with Crippen molar-refractivity contribution in [1.82, 2.24) is 10.2 Å². The maximum absolute atomic E-state index is 11.6. The fourth-order valence-electron chi connectivity index (χ4n) is 2.54. The van der Waals surface area contributed by atoms with Gasteiger partial charge in [-0.25, -0.2) is 0 Å². The molecule has 1 amide bonds. The van der Waals surface area contributed by atoms with Crippen molar-refractivity contribution < 1.29 is 24.2 Å². The van der Waals surface area contributed by atoms with Crippen molar-refractivity contribution in [3.63, 3.8) is 0 Å². The van der Waals surface area contributed by atoms with Gasteiger partial charge in [0.1, 0.15) is 6.61 Å². The van der Waals surface area contributed by atoms with Crippen molar-refractivity contribution >= 4 is 11.9 Å². The third-order valence-electron chi connectivity index (χ3n) is 4.11. The van der Waals surface area contributed by atoms with Gasteiger partial charge in [-0.2, -0.15) is 0 Å². The molecule has 0 aliphatic rings. The Morgan fingerprint density at radius 2 is 1.92 bits per heavy atom. The summed E-state index contributed by atoms with van der Waals surface area (Å²) in [6.45, 7) is 7.98. The highest BCUT2D eigenvalue weighted by Gasteiger charge is 2.12. The molecule has 0 aliphatic heterocycles. The molecule has 1 rings (SSSR count). The van der Waals surface area contributed by atoms with Crippen LogP contribution in [0, 0.1) is 0 Å². The number of methoxy groups -OCH3 is 1. The monoisotopic (exact) mass is 366 g/mol. The van der Waals surface area contributed by atoms with E-state index in [4.69, 9.17) is 14.6 Å². The minimum absolute atomic E-state index is 0.0132. The van der Waals surface area contributed by atoms with Gasteiger partial charge in [-0.15, -0.1) is 0 Å². The molecule has 1 aromatic rings. The second-order valence-corrected chi connectivity index (χ2v) is 5.82. The average molecular weight is 366 g/mol. The van der Waals surface area contributed by atoms with Crippen molar-refractivity contribution in [3.8, 4) is 11.5 Å². The highest BCUT2D eigenvalue weighted by atomic mass is 16.5. The summed E-state index contributed by atoms with van der Waals surface area (Å²) in [4.78, 5) is 24.4. The highest BCUT2D eigenvalue weighted by Crippen LogP contribution is 2.31. The second kappa shape index (κ2) is 12.1. The lowest BCUT2D eigenvalue weighted by atomic mass is 10.1. The van der Waals surface area contributed by atoms with Crippen molar-refractivity contribution in [3.05, 3.63) is 23.8 Å². The number of likely N-dealkylation sites (N-methyl/N-ethyl adjacent to an activating group) is 1. The number of carbonyl (C=O) groups excluding carboxylic acids is 1. The van der Waals surface area contributed by atoms with Gasteiger partial charge in [0.15, 0.2) is 11.5 Å². The first-order valence-corrected chi connectivity index (χ1v) is 9.01. The van der Waals surface area contributed by atoms with Crippen LogP contribution >= 0.6 is 0 Å². The molecule has 0 spiro atoms. The Labute approximate surface area is 155 Å². The molecule has 0 aliphatic carbocycles. The van der Waals surface area contributed by atoms with Gasteiger partial charge in [0.2, 0.25) is 5.91 Å².